The molecule has 0 amide bonds. The number of hydrogen-bond acceptors (Lipinski definition) is 2. The van der Waals surface area contributed by atoms with Crippen LogP contribution in [-0.2, 0) is 0 Å². The molecule has 1 N–H and O–H groups in total. The monoisotopic (exact) mass is 204 g/mol. The number of hydrogen-bond donors (Lipinski definition) is 1. The summed E-state index contributed by atoms with van der Waals surface area (Å²) in [7, 11) is 0. The van der Waals surface area contributed by atoms with Crippen LogP contribution in [0.1, 0.15) is 12.8 Å². The molecule has 1 unspecified atom stereocenters. The van der Waals surface area contributed by atoms with Crippen molar-refractivity contribution in [3.63, 3.8) is 0 Å². The largest absolute Gasteiger partial charge is 0.312 e. The van der Waals surface area contributed by atoms with Crippen molar-refractivity contribution in [1.82, 2.24) is 9.24 Å². The van der Waals surface area contributed by atoms with Gasteiger partial charge in [-0.15, -0.1) is 0 Å². The summed E-state index contributed by atoms with van der Waals surface area (Å²) in [5.74, 6) is 0.910. The molecule has 0 aromatic carbocycles. The van der Waals surface area contributed by atoms with Gasteiger partial charge in [0.25, 0.3) is 0 Å². The third-order valence-electron chi connectivity index (χ3n) is 2.55. The summed E-state index contributed by atoms with van der Waals surface area (Å²) in [5, 5.41) is 3.54. The van der Waals surface area contributed by atoms with Gasteiger partial charge in [-0.3, -0.25) is 0 Å². The van der Waals surface area contributed by atoms with Gasteiger partial charge >= 0.3 is 0 Å². The molecule has 2 fully saturated rings. The predicted octanol–water partition coefficient (Wildman–Crippen LogP) is 0.980. The average Bonchev–Trinajstić information content (AvgIpc) is 2.27. The third-order valence-corrected chi connectivity index (χ3v) is 3.13. The van der Waals surface area contributed by atoms with Crippen LogP contribution in [0, 0.1) is 5.92 Å². The van der Waals surface area contributed by atoms with Crippen LogP contribution in [0.5, 0.6) is 0 Å². The maximum Gasteiger partial charge on any atom is 0.0250 e. The topological polar surface area (TPSA) is 15.3 Å². The predicted molar refractivity (Wildman–Crippen MR) is 45.0 cm³/mol. The van der Waals surface area contributed by atoms with Crippen molar-refractivity contribution in [2.75, 3.05) is 19.6 Å². The Morgan fingerprint density at radius 1 is 1.40 bits per heavy atom. The molecule has 2 saturated heterocycles. The van der Waals surface area contributed by atoms with Gasteiger partial charge in [0.05, 0.1) is 0 Å². The van der Waals surface area contributed by atoms with Gasteiger partial charge in [0.2, 0.25) is 0 Å². The second-order valence-electron chi connectivity index (χ2n) is 3.29. The fourth-order valence-corrected chi connectivity index (χ4v) is 2.68. The Balaban J connectivity index is 1.97. The highest BCUT2D eigenvalue weighted by atomic mass is 79.9. The average molecular weight is 205 g/mol. The first-order chi connectivity index (χ1) is 4.86. The van der Waals surface area contributed by atoms with E-state index in [1.165, 1.54) is 32.5 Å². The van der Waals surface area contributed by atoms with Crippen molar-refractivity contribution >= 4 is 16.1 Å². The second-order valence-corrected chi connectivity index (χ2v) is 4.29. The van der Waals surface area contributed by atoms with Gasteiger partial charge in [-0.1, -0.05) is 0 Å². The normalized spacial score (nSPS) is 41.7. The molecule has 2 nitrogen and oxygen atoms in total. The minimum atomic E-state index is 0.771. The summed E-state index contributed by atoms with van der Waals surface area (Å²) < 4.78 is 2.25. The zero-order valence-electron chi connectivity index (χ0n) is 6.02. The van der Waals surface area contributed by atoms with Crippen molar-refractivity contribution in [3.05, 3.63) is 0 Å². The maximum atomic E-state index is 3.54. The van der Waals surface area contributed by atoms with E-state index >= 15 is 0 Å². The lowest BCUT2D eigenvalue weighted by Gasteiger charge is -2.24. The molecule has 0 radical (unpaired) electrons. The molecule has 2 aliphatic heterocycles. The van der Waals surface area contributed by atoms with Gasteiger partial charge in [0.15, 0.2) is 0 Å². The second kappa shape index (κ2) is 2.80. The van der Waals surface area contributed by atoms with Crippen LogP contribution in [0.3, 0.4) is 0 Å². The van der Waals surface area contributed by atoms with E-state index in [-0.39, 0.29) is 0 Å². The lowest BCUT2D eigenvalue weighted by atomic mass is 9.94. The Kier molecular flexibility index (Phi) is 1.98. The molecule has 0 bridgehead atoms. The van der Waals surface area contributed by atoms with E-state index in [1.54, 1.807) is 0 Å². The molecule has 2 rings (SSSR count). The molecular weight excluding hydrogens is 192 g/mol. The number of piperidine rings is 1. The molecule has 2 atom stereocenters. The zero-order chi connectivity index (χ0) is 6.97. The number of nitrogens with one attached hydrogen (secondary N) is 1. The van der Waals surface area contributed by atoms with Crippen LogP contribution in [0.15, 0.2) is 0 Å². The van der Waals surface area contributed by atoms with E-state index in [0.29, 0.717) is 0 Å². The van der Waals surface area contributed by atoms with Crippen LogP contribution in [0.4, 0.5) is 0 Å². The lowest BCUT2D eigenvalue weighted by molar-refractivity contribution is 0.339. The Morgan fingerprint density at radius 2 is 2.30 bits per heavy atom. The van der Waals surface area contributed by atoms with Gasteiger partial charge in [-0.05, 0) is 25.3 Å². The summed E-state index contributed by atoms with van der Waals surface area (Å²) in [4.78, 5) is 0. The Morgan fingerprint density at radius 3 is 3.10 bits per heavy atom. The highest BCUT2D eigenvalue weighted by Gasteiger charge is 2.32. The number of rotatable bonds is 0. The Labute approximate surface area is 70.3 Å². The number of nitrogens with zero attached hydrogens (tertiary/aromatic N) is 1. The summed E-state index contributed by atoms with van der Waals surface area (Å²) >= 11 is 3.52. The van der Waals surface area contributed by atoms with Crippen LogP contribution < -0.4 is 5.32 Å². The van der Waals surface area contributed by atoms with Crippen LogP contribution in [0.2, 0.25) is 0 Å². The van der Waals surface area contributed by atoms with E-state index in [2.05, 4.69) is 25.4 Å². The van der Waals surface area contributed by atoms with Gasteiger partial charge in [0, 0.05) is 35.3 Å². The van der Waals surface area contributed by atoms with Crippen molar-refractivity contribution in [1.29, 1.82) is 0 Å². The molecule has 3 heteroatoms. The smallest absolute Gasteiger partial charge is 0.0250 e. The van der Waals surface area contributed by atoms with Crippen molar-refractivity contribution in [3.8, 4) is 0 Å². The number of halogens is 1. The summed E-state index contributed by atoms with van der Waals surface area (Å²) in [6.07, 6.45) is 2.78. The third kappa shape index (κ3) is 1.22. The molecule has 0 aromatic rings. The van der Waals surface area contributed by atoms with E-state index in [0.717, 1.165) is 12.0 Å². The van der Waals surface area contributed by atoms with E-state index in [1.807, 2.05) is 0 Å². The molecule has 2 aliphatic rings. The van der Waals surface area contributed by atoms with Crippen molar-refractivity contribution < 1.29 is 0 Å². The van der Waals surface area contributed by atoms with Crippen LogP contribution in [-0.4, -0.2) is 29.6 Å². The maximum absolute atomic E-state index is 3.54. The van der Waals surface area contributed by atoms with Crippen LogP contribution in [0.25, 0.3) is 0 Å². The van der Waals surface area contributed by atoms with Crippen molar-refractivity contribution in [2.24, 2.45) is 5.92 Å². The highest BCUT2D eigenvalue weighted by Crippen LogP contribution is 2.26. The fourth-order valence-electron chi connectivity index (χ4n) is 1.99. The molecule has 0 spiro atoms. The Bertz CT molecular complexity index is 115. The molecule has 2 heterocycles. The minimum Gasteiger partial charge on any atom is -0.312 e. The Hall–Kier alpha value is 0.400. The fraction of sp³-hybridized carbons (Fsp3) is 1.00. The van der Waals surface area contributed by atoms with E-state index in [4.69, 9.17) is 0 Å². The van der Waals surface area contributed by atoms with Gasteiger partial charge < -0.3 is 5.32 Å². The molecule has 10 heavy (non-hydrogen) atoms. The summed E-state index contributed by atoms with van der Waals surface area (Å²) in [6, 6.07) is 0.771. The molecule has 58 valence electrons. The standard InChI is InChI=1S/C7H13BrN2/c8-10-4-6-2-1-3-9-7(6)5-10/h6-7,9H,1-5H2/t6-,7?/m0/s1. The molecule has 0 aromatic heterocycles. The zero-order valence-corrected chi connectivity index (χ0v) is 7.60. The van der Waals surface area contributed by atoms with Crippen LogP contribution >= 0.6 is 16.1 Å². The molecule has 0 aliphatic carbocycles. The quantitative estimate of drug-likeness (QED) is 0.593. The lowest BCUT2D eigenvalue weighted by Crippen LogP contribution is -2.40. The summed E-state index contributed by atoms with van der Waals surface area (Å²) in [5.41, 5.74) is 0. The van der Waals surface area contributed by atoms with Crippen molar-refractivity contribution in [2.45, 2.75) is 18.9 Å². The first-order valence-electron chi connectivity index (χ1n) is 4.00. The molecular formula is C7H13BrN2. The minimum absolute atomic E-state index is 0.771. The first-order valence-corrected chi connectivity index (χ1v) is 4.71. The SMILES string of the molecule is BrN1CC2NCCC[C@H]2C1. The van der Waals surface area contributed by atoms with E-state index < -0.39 is 0 Å². The first kappa shape index (κ1) is 7.07. The van der Waals surface area contributed by atoms with Gasteiger partial charge in [-0.2, -0.15) is 0 Å². The molecule has 0 saturated carbocycles. The summed E-state index contributed by atoms with van der Waals surface area (Å²) in [6.45, 7) is 3.64. The van der Waals surface area contributed by atoms with Gasteiger partial charge in [0.1, 0.15) is 0 Å². The highest BCUT2D eigenvalue weighted by molar-refractivity contribution is 9.07. The van der Waals surface area contributed by atoms with Gasteiger partial charge in [-0.25, -0.2) is 3.93 Å². The number of fused-ring (bicyclic) bond motifs is 1. The van der Waals surface area contributed by atoms with E-state index in [9.17, 15) is 0 Å².